The summed E-state index contributed by atoms with van der Waals surface area (Å²) in [5.74, 6) is -0.947. The number of urea groups is 1. The van der Waals surface area contributed by atoms with Gasteiger partial charge in [0, 0.05) is 32.2 Å². The average Bonchev–Trinajstić information content (AvgIpc) is 2.47. The molecule has 1 saturated carbocycles. The zero-order valence-corrected chi connectivity index (χ0v) is 13.0. The molecule has 3 atom stereocenters. The maximum Gasteiger partial charge on any atom is 0.317 e. The average molecular weight is 297 g/mol. The van der Waals surface area contributed by atoms with Crippen molar-refractivity contribution >= 4 is 12.0 Å². The van der Waals surface area contributed by atoms with Crippen molar-refractivity contribution in [3.8, 4) is 0 Å². The van der Waals surface area contributed by atoms with Gasteiger partial charge in [0.2, 0.25) is 0 Å². The summed E-state index contributed by atoms with van der Waals surface area (Å²) >= 11 is 0. The van der Waals surface area contributed by atoms with Gasteiger partial charge in [-0.3, -0.25) is 4.79 Å². The molecule has 0 spiro atoms. The number of rotatable bonds is 3. The maximum atomic E-state index is 12.2. The molecule has 2 rings (SSSR count). The number of likely N-dealkylation sites (N-methyl/N-ethyl adjacent to an activating group) is 1. The molecule has 2 amide bonds. The van der Waals surface area contributed by atoms with Crippen LogP contribution < -0.4 is 5.32 Å². The second kappa shape index (κ2) is 7.11. The standard InChI is InChI=1S/C15H27N3O3/c1-11-10-18(8-7-17(11)2)15(21)16-9-12-5-3-4-6-13(12)14(19)20/h11-13H,3-10H2,1-2H3,(H,16,21)(H,19,20). The maximum absolute atomic E-state index is 12.2. The van der Waals surface area contributed by atoms with Crippen molar-refractivity contribution in [1.82, 2.24) is 15.1 Å². The van der Waals surface area contributed by atoms with Crippen LogP contribution in [0.1, 0.15) is 32.6 Å². The number of nitrogens with one attached hydrogen (secondary N) is 1. The van der Waals surface area contributed by atoms with E-state index in [4.69, 9.17) is 0 Å². The molecule has 1 heterocycles. The zero-order chi connectivity index (χ0) is 15.4. The van der Waals surface area contributed by atoms with E-state index in [1.54, 1.807) is 0 Å². The van der Waals surface area contributed by atoms with E-state index in [2.05, 4.69) is 24.2 Å². The summed E-state index contributed by atoms with van der Waals surface area (Å²) in [5, 5.41) is 12.2. The van der Waals surface area contributed by atoms with E-state index in [0.717, 1.165) is 45.3 Å². The Hall–Kier alpha value is -1.30. The molecule has 21 heavy (non-hydrogen) atoms. The lowest BCUT2D eigenvalue weighted by Crippen LogP contribution is -2.55. The first-order valence-electron chi connectivity index (χ1n) is 7.95. The summed E-state index contributed by atoms with van der Waals surface area (Å²) in [5.41, 5.74) is 0. The van der Waals surface area contributed by atoms with Crippen LogP contribution in [0, 0.1) is 11.8 Å². The van der Waals surface area contributed by atoms with Crippen LogP contribution in [0.25, 0.3) is 0 Å². The topological polar surface area (TPSA) is 72.9 Å². The highest BCUT2D eigenvalue weighted by Crippen LogP contribution is 2.29. The van der Waals surface area contributed by atoms with E-state index >= 15 is 0 Å². The van der Waals surface area contributed by atoms with Gasteiger partial charge in [0.15, 0.2) is 0 Å². The molecule has 2 aliphatic rings. The van der Waals surface area contributed by atoms with Crippen LogP contribution in [-0.4, -0.2) is 66.2 Å². The van der Waals surface area contributed by atoms with E-state index in [-0.39, 0.29) is 17.9 Å². The predicted molar refractivity (Wildman–Crippen MR) is 80.1 cm³/mol. The smallest absolute Gasteiger partial charge is 0.317 e. The van der Waals surface area contributed by atoms with Crippen molar-refractivity contribution in [2.75, 3.05) is 33.2 Å². The summed E-state index contributed by atoms with van der Waals surface area (Å²) in [4.78, 5) is 27.6. The minimum atomic E-state index is -0.720. The summed E-state index contributed by atoms with van der Waals surface area (Å²) < 4.78 is 0. The number of amides is 2. The first-order chi connectivity index (χ1) is 9.99. The predicted octanol–water partition coefficient (Wildman–Crippen LogP) is 1.22. The van der Waals surface area contributed by atoms with Gasteiger partial charge in [0.25, 0.3) is 0 Å². The third kappa shape index (κ3) is 4.09. The third-order valence-corrected chi connectivity index (χ3v) is 4.99. The van der Waals surface area contributed by atoms with Crippen molar-refractivity contribution in [1.29, 1.82) is 0 Å². The second-order valence-corrected chi connectivity index (χ2v) is 6.45. The Balaban J connectivity index is 1.81. The van der Waals surface area contributed by atoms with E-state index < -0.39 is 5.97 Å². The molecule has 0 aromatic heterocycles. The van der Waals surface area contributed by atoms with Gasteiger partial charge in [-0.25, -0.2) is 4.79 Å². The Morgan fingerprint density at radius 3 is 2.62 bits per heavy atom. The molecule has 1 aliphatic heterocycles. The highest BCUT2D eigenvalue weighted by atomic mass is 16.4. The van der Waals surface area contributed by atoms with Gasteiger partial charge in [0.05, 0.1) is 5.92 Å². The van der Waals surface area contributed by atoms with Gasteiger partial charge >= 0.3 is 12.0 Å². The van der Waals surface area contributed by atoms with Gasteiger partial charge in [-0.1, -0.05) is 12.8 Å². The van der Waals surface area contributed by atoms with Gasteiger partial charge in [-0.05, 0) is 32.7 Å². The summed E-state index contributed by atoms with van der Waals surface area (Å²) in [7, 11) is 2.07. The Bertz CT molecular complexity index is 388. The molecule has 120 valence electrons. The van der Waals surface area contributed by atoms with E-state index in [0.29, 0.717) is 12.6 Å². The van der Waals surface area contributed by atoms with Crippen LogP contribution in [0.5, 0.6) is 0 Å². The first-order valence-corrected chi connectivity index (χ1v) is 7.95. The molecule has 0 aromatic carbocycles. The molecule has 2 N–H and O–H groups in total. The number of aliphatic carboxylic acids is 1. The molecular weight excluding hydrogens is 270 g/mol. The lowest BCUT2D eigenvalue weighted by atomic mass is 9.79. The fourth-order valence-corrected chi connectivity index (χ4v) is 3.34. The minimum Gasteiger partial charge on any atom is -0.481 e. The summed E-state index contributed by atoms with van der Waals surface area (Å²) in [6.07, 6.45) is 3.69. The van der Waals surface area contributed by atoms with Crippen molar-refractivity contribution in [3.05, 3.63) is 0 Å². The van der Waals surface area contributed by atoms with Crippen molar-refractivity contribution in [3.63, 3.8) is 0 Å². The van der Waals surface area contributed by atoms with Crippen LogP contribution in [0.4, 0.5) is 4.79 Å². The number of carbonyl (C=O) groups excluding carboxylic acids is 1. The van der Waals surface area contributed by atoms with Gasteiger partial charge < -0.3 is 20.2 Å². The number of hydrogen-bond donors (Lipinski definition) is 2. The van der Waals surface area contributed by atoms with Crippen LogP contribution >= 0.6 is 0 Å². The van der Waals surface area contributed by atoms with E-state index in [1.165, 1.54) is 0 Å². The lowest BCUT2D eigenvalue weighted by molar-refractivity contribution is -0.144. The van der Waals surface area contributed by atoms with Crippen LogP contribution in [0.2, 0.25) is 0 Å². The van der Waals surface area contributed by atoms with Gasteiger partial charge in [-0.15, -0.1) is 0 Å². The summed E-state index contributed by atoms with van der Waals surface area (Å²) in [6.45, 7) is 4.95. The molecular formula is C15H27N3O3. The SMILES string of the molecule is CC1CN(C(=O)NCC2CCCCC2C(=O)O)CCN1C. The highest BCUT2D eigenvalue weighted by molar-refractivity contribution is 5.74. The normalized spacial score (nSPS) is 31.0. The minimum absolute atomic E-state index is 0.0512. The number of hydrogen-bond acceptors (Lipinski definition) is 3. The number of carbonyl (C=O) groups is 2. The molecule has 6 heteroatoms. The van der Waals surface area contributed by atoms with Crippen molar-refractivity contribution < 1.29 is 14.7 Å². The fraction of sp³-hybridized carbons (Fsp3) is 0.867. The van der Waals surface area contributed by atoms with Gasteiger partial charge in [-0.2, -0.15) is 0 Å². The van der Waals surface area contributed by atoms with E-state index in [1.807, 2.05) is 4.90 Å². The molecule has 0 aromatic rings. The van der Waals surface area contributed by atoms with E-state index in [9.17, 15) is 14.7 Å². The number of nitrogens with zero attached hydrogens (tertiary/aromatic N) is 2. The Kier molecular flexibility index (Phi) is 5.45. The highest BCUT2D eigenvalue weighted by Gasteiger charge is 2.31. The Morgan fingerprint density at radius 1 is 1.24 bits per heavy atom. The first kappa shape index (κ1) is 16.1. The molecule has 0 radical (unpaired) electrons. The second-order valence-electron chi connectivity index (χ2n) is 6.45. The fourth-order valence-electron chi connectivity index (χ4n) is 3.34. The Morgan fingerprint density at radius 2 is 1.95 bits per heavy atom. The van der Waals surface area contributed by atoms with Crippen molar-refractivity contribution in [2.45, 2.75) is 38.6 Å². The van der Waals surface area contributed by atoms with Crippen LogP contribution in [-0.2, 0) is 4.79 Å². The molecule has 2 fully saturated rings. The molecule has 1 aliphatic carbocycles. The Labute approximate surface area is 126 Å². The number of carboxylic acid groups (broad SMARTS) is 1. The number of carboxylic acids is 1. The van der Waals surface area contributed by atoms with Gasteiger partial charge in [0.1, 0.15) is 0 Å². The monoisotopic (exact) mass is 297 g/mol. The number of piperazine rings is 1. The zero-order valence-electron chi connectivity index (χ0n) is 13.0. The molecule has 3 unspecified atom stereocenters. The quantitative estimate of drug-likeness (QED) is 0.821. The lowest BCUT2D eigenvalue weighted by Gasteiger charge is -2.38. The summed E-state index contributed by atoms with van der Waals surface area (Å²) in [6, 6.07) is 0.315. The largest absolute Gasteiger partial charge is 0.481 e. The molecule has 6 nitrogen and oxygen atoms in total. The van der Waals surface area contributed by atoms with Crippen molar-refractivity contribution in [2.24, 2.45) is 11.8 Å². The van der Waals surface area contributed by atoms with Crippen LogP contribution in [0.3, 0.4) is 0 Å². The van der Waals surface area contributed by atoms with Crippen LogP contribution in [0.15, 0.2) is 0 Å². The third-order valence-electron chi connectivity index (χ3n) is 4.99. The molecule has 1 saturated heterocycles. The molecule has 0 bridgehead atoms.